The molecule has 106 valence electrons. The predicted octanol–water partition coefficient (Wildman–Crippen LogP) is 1.30. The van der Waals surface area contributed by atoms with Crippen LogP contribution in [0.25, 0.3) is 22.2 Å². The Morgan fingerprint density at radius 1 is 1.24 bits per heavy atom. The minimum absolute atomic E-state index is 0.0109. The monoisotopic (exact) mass is 285 g/mol. The molecule has 21 heavy (non-hydrogen) atoms. The number of pyridine rings is 1. The lowest BCUT2D eigenvalue weighted by Crippen LogP contribution is -2.20. The van der Waals surface area contributed by atoms with Gasteiger partial charge in [-0.1, -0.05) is 6.07 Å². The van der Waals surface area contributed by atoms with E-state index >= 15 is 0 Å². The van der Waals surface area contributed by atoms with Crippen molar-refractivity contribution < 1.29 is 4.39 Å². The van der Waals surface area contributed by atoms with Gasteiger partial charge in [-0.2, -0.15) is 4.98 Å². The lowest BCUT2D eigenvalue weighted by molar-refractivity contribution is 0.632. The van der Waals surface area contributed by atoms with Crippen molar-refractivity contribution in [1.29, 1.82) is 0 Å². The summed E-state index contributed by atoms with van der Waals surface area (Å²) in [5.74, 6) is -0.427. The highest BCUT2D eigenvalue weighted by atomic mass is 19.1. The minimum Gasteiger partial charge on any atom is -0.396 e. The van der Waals surface area contributed by atoms with Crippen LogP contribution in [-0.2, 0) is 7.05 Å². The molecule has 0 aliphatic rings. The fraction of sp³-hybridized carbons (Fsp3) is 0.0714. The molecule has 0 radical (unpaired) electrons. The number of halogens is 1. The average Bonchev–Trinajstić information content (AvgIpc) is 2.46. The summed E-state index contributed by atoms with van der Waals surface area (Å²) in [6.07, 6.45) is 1.54. The highest BCUT2D eigenvalue weighted by molar-refractivity contribution is 5.81. The third-order valence-electron chi connectivity index (χ3n) is 3.27. The van der Waals surface area contributed by atoms with Gasteiger partial charge >= 0.3 is 0 Å². The van der Waals surface area contributed by atoms with Crippen LogP contribution in [-0.4, -0.2) is 14.5 Å². The molecular formula is C14H12FN5O. The van der Waals surface area contributed by atoms with Gasteiger partial charge in [0.05, 0.1) is 5.69 Å². The zero-order valence-corrected chi connectivity index (χ0v) is 11.2. The number of benzene rings is 1. The summed E-state index contributed by atoms with van der Waals surface area (Å²) >= 11 is 0. The molecule has 0 atom stereocenters. The first kappa shape index (κ1) is 13.0. The van der Waals surface area contributed by atoms with Gasteiger partial charge in [0.15, 0.2) is 0 Å². The van der Waals surface area contributed by atoms with E-state index in [9.17, 15) is 9.18 Å². The molecule has 2 aromatic heterocycles. The third-order valence-corrected chi connectivity index (χ3v) is 3.27. The van der Waals surface area contributed by atoms with Gasteiger partial charge in [-0.05, 0) is 23.8 Å². The Morgan fingerprint density at radius 2 is 2.00 bits per heavy atom. The Labute approximate surface area is 118 Å². The molecule has 4 N–H and O–H groups in total. The summed E-state index contributed by atoms with van der Waals surface area (Å²) in [6.45, 7) is 0. The molecule has 0 aliphatic heterocycles. The van der Waals surface area contributed by atoms with Crippen molar-refractivity contribution in [3.05, 3.63) is 46.6 Å². The molecule has 0 fully saturated rings. The zero-order valence-electron chi connectivity index (χ0n) is 11.2. The number of anilines is 2. The lowest BCUT2D eigenvalue weighted by atomic mass is 10.1. The molecule has 0 saturated carbocycles. The smallest absolute Gasteiger partial charge is 0.259 e. The van der Waals surface area contributed by atoms with Crippen molar-refractivity contribution in [2.24, 2.45) is 7.05 Å². The van der Waals surface area contributed by atoms with Gasteiger partial charge in [0, 0.05) is 24.2 Å². The van der Waals surface area contributed by atoms with E-state index in [1.54, 1.807) is 13.1 Å². The van der Waals surface area contributed by atoms with E-state index < -0.39 is 5.82 Å². The largest absolute Gasteiger partial charge is 0.396 e. The molecule has 0 bridgehead atoms. The second-order valence-electron chi connectivity index (χ2n) is 4.67. The molecule has 1 aromatic carbocycles. The van der Waals surface area contributed by atoms with Crippen molar-refractivity contribution in [2.45, 2.75) is 0 Å². The normalized spacial score (nSPS) is 11.0. The molecule has 0 saturated heterocycles. The Balaban J connectivity index is 2.33. The minimum atomic E-state index is -0.521. The van der Waals surface area contributed by atoms with E-state index in [-0.39, 0.29) is 17.2 Å². The second-order valence-corrected chi connectivity index (χ2v) is 4.67. The fourth-order valence-corrected chi connectivity index (χ4v) is 2.18. The van der Waals surface area contributed by atoms with E-state index in [1.807, 2.05) is 0 Å². The van der Waals surface area contributed by atoms with Crippen molar-refractivity contribution in [3.63, 3.8) is 0 Å². The number of hydrogen-bond acceptors (Lipinski definition) is 5. The summed E-state index contributed by atoms with van der Waals surface area (Å²) in [7, 11) is 1.59. The van der Waals surface area contributed by atoms with E-state index in [0.717, 1.165) is 0 Å². The van der Waals surface area contributed by atoms with Gasteiger partial charge < -0.3 is 11.5 Å². The van der Waals surface area contributed by atoms with Crippen molar-refractivity contribution in [1.82, 2.24) is 14.5 Å². The van der Waals surface area contributed by atoms with Gasteiger partial charge in [0.25, 0.3) is 5.56 Å². The fourth-order valence-electron chi connectivity index (χ4n) is 2.18. The second kappa shape index (κ2) is 4.55. The van der Waals surface area contributed by atoms with Gasteiger partial charge in [0.2, 0.25) is 5.95 Å². The van der Waals surface area contributed by atoms with E-state index in [1.165, 1.54) is 29.0 Å². The van der Waals surface area contributed by atoms with Crippen molar-refractivity contribution in [3.8, 4) is 11.1 Å². The summed E-state index contributed by atoms with van der Waals surface area (Å²) < 4.78 is 14.6. The summed E-state index contributed by atoms with van der Waals surface area (Å²) in [5, 5.41) is 0.657. The summed E-state index contributed by atoms with van der Waals surface area (Å²) in [4.78, 5) is 20.4. The number of aromatic nitrogens is 3. The van der Waals surface area contributed by atoms with Crippen LogP contribution in [0.3, 0.4) is 0 Å². The molecule has 3 rings (SSSR count). The maximum atomic E-state index is 13.2. The lowest BCUT2D eigenvalue weighted by Gasteiger charge is -2.09. The van der Waals surface area contributed by atoms with E-state index in [2.05, 4.69) is 9.97 Å². The highest BCUT2D eigenvalue weighted by Crippen LogP contribution is 2.23. The van der Waals surface area contributed by atoms with Gasteiger partial charge in [-0.15, -0.1) is 0 Å². The van der Waals surface area contributed by atoms with E-state index in [0.29, 0.717) is 22.2 Å². The van der Waals surface area contributed by atoms with Gasteiger partial charge in [-0.25, -0.2) is 9.37 Å². The van der Waals surface area contributed by atoms with Gasteiger partial charge in [0.1, 0.15) is 11.5 Å². The molecule has 6 nitrogen and oxygen atoms in total. The topological polar surface area (TPSA) is 99.8 Å². The quantitative estimate of drug-likeness (QED) is 0.656. The van der Waals surface area contributed by atoms with Crippen LogP contribution in [0.2, 0.25) is 0 Å². The molecule has 0 amide bonds. The van der Waals surface area contributed by atoms with Crippen LogP contribution >= 0.6 is 0 Å². The molecule has 0 spiro atoms. The first-order valence-corrected chi connectivity index (χ1v) is 6.15. The Hall–Kier alpha value is -2.96. The predicted molar refractivity (Wildman–Crippen MR) is 79.0 cm³/mol. The SMILES string of the molecule is Cn1c(=O)c(-c2ccc(F)c(N)c2)cc2cnc(N)nc21. The number of rotatable bonds is 1. The van der Waals surface area contributed by atoms with Crippen LogP contribution < -0.4 is 17.0 Å². The third kappa shape index (κ3) is 2.08. The Bertz CT molecular complexity index is 919. The maximum absolute atomic E-state index is 13.2. The maximum Gasteiger partial charge on any atom is 0.259 e. The summed E-state index contributed by atoms with van der Waals surface area (Å²) in [6, 6.07) is 5.81. The number of aryl methyl sites for hydroxylation is 1. The van der Waals surface area contributed by atoms with Crippen LogP contribution in [0.15, 0.2) is 35.3 Å². The molecule has 7 heteroatoms. The van der Waals surface area contributed by atoms with Crippen molar-refractivity contribution >= 4 is 22.7 Å². The molecule has 0 aliphatic carbocycles. The van der Waals surface area contributed by atoms with Crippen LogP contribution in [0.5, 0.6) is 0 Å². The zero-order chi connectivity index (χ0) is 15.1. The Kier molecular flexibility index (Phi) is 2.83. The molecule has 2 heterocycles. The average molecular weight is 285 g/mol. The first-order chi connectivity index (χ1) is 9.97. The number of hydrogen-bond donors (Lipinski definition) is 2. The highest BCUT2D eigenvalue weighted by Gasteiger charge is 2.11. The molecule has 3 aromatic rings. The number of nitrogen functional groups attached to an aromatic ring is 2. The van der Waals surface area contributed by atoms with E-state index in [4.69, 9.17) is 11.5 Å². The standard InChI is InChI=1S/C14H12FN5O/c1-20-12-8(6-18-14(17)19-12)4-9(13(20)21)7-2-3-10(15)11(16)5-7/h2-6H,16H2,1H3,(H2,17,18,19). The van der Waals surface area contributed by atoms with Crippen LogP contribution in [0.4, 0.5) is 16.0 Å². The molecular weight excluding hydrogens is 273 g/mol. The molecule has 0 unspecified atom stereocenters. The first-order valence-electron chi connectivity index (χ1n) is 6.15. The van der Waals surface area contributed by atoms with Crippen LogP contribution in [0.1, 0.15) is 0 Å². The van der Waals surface area contributed by atoms with Crippen molar-refractivity contribution in [2.75, 3.05) is 11.5 Å². The number of nitrogens with zero attached hydrogens (tertiary/aromatic N) is 3. The summed E-state index contributed by atoms with van der Waals surface area (Å²) in [5.41, 5.74) is 12.2. The van der Waals surface area contributed by atoms with Crippen LogP contribution in [0, 0.1) is 5.82 Å². The number of nitrogens with two attached hydrogens (primary N) is 2. The number of fused-ring (bicyclic) bond motifs is 1. The van der Waals surface area contributed by atoms with Gasteiger partial charge in [-0.3, -0.25) is 9.36 Å². The Morgan fingerprint density at radius 3 is 2.71 bits per heavy atom.